The van der Waals surface area contributed by atoms with Crippen LogP contribution in [0.5, 0.6) is 0 Å². The summed E-state index contributed by atoms with van der Waals surface area (Å²) in [6.45, 7) is 0.537. The fraction of sp³-hybridized carbons (Fsp3) is 0.286. The van der Waals surface area contributed by atoms with Crippen molar-refractivity contribution in [2.75, 3.05) is 11.9 Å². The number of anilines is 1. The summed E-state index contributed by atoms with van der Waals surface area (Å²) in [6, 6.07) is 11.2. The van der Waals surface area contributed by atoms with E-state index in [0.717, 1.165) is 0 Å². The van der Waals surface area contributed by atoms with Gasteiger partial charge in [-0.2, -0.15) is 13.2 Å². The van der Waals surface area contributed by atoms with E-state index in [1.807, 2.05) is 0 Å². The summed E-state index contributed by atoms with van der Waals surface area (Å²) in [5, 5.41) is 4.45. The van der Waals surface area contributed by atoms with Crippen molar-refractivity contribution in [1.82, 2.24) is 9.88 Å². The number of halogens is 3. The molecule has 164 valence electrons. The van der Waals surface area contributed by atoms with Crippen molar-refractivity contribution >= 4 is 28.6 Å². The number of amides is 2. The van der Waals surface area contributed by atoms with Crippen molar-refractivity contribution in [1.29, 1.82) is 0 Å². The number of nitrogens with zero attached hydrogens (tertiary/aromatic N) is 1. The van der Waals surface area contributed by atoms with Gasteiger partial charge in [-0.05, 0) is 43.2 Å². The highest BCUT2D eigenvalue weighted by atomic mass is 19.4. The van der Waals surface area contributed by atoms with Crippen LogP contribution < -0.4 is 16.4 Å². The number of aromatic nitrogens is 1. The van der Waals surface area contributed by atoms with E-state index in [9.17, 15) is 27.6 Å². The maximum atomic E-state index is 12.3. The van der Waals surface area contributed by atoms with Gasteiger partial charge in [-0.15, -0.1) is 0 Å². The Labute approximate surface area is 174 Å². The zero-order valence-electron chi connectivity index (χ0n) is 16.6. The summed E-state index contributed by atoms with van der Waals surface area (Å²) >= 11 is 0. The van der Waals surface area contributed by atoms with E-state index in [0.29, 0.717) is 28.8 Å². The number of nitrogens with one attached hydrogen (secondary N) is 2. The molecule has 2 amide bonds. The second-order valence-corrected chi connectivity index (χ2v) is 6.97. The first-order valence-electron chi connectivity index (χ1n) is 9.48. The number of oxazole rings is 1. The summed E-state index contributed by atoms with van der Waals surface area (Å²) in [4.78, 5) is 36.2. The third-order valence-electron chi connectivity index (χ3n) is 4.58. The number of hydrogen-bond acceptors (Lipinski definition) is 4. The monoisotopic (exact) mass is 435 g/mol. The largest absolute Gasteiger partial charge is 0.419 e. The number of carbonyl (C=O) groups excluding carboxylic acids is 2. The number of alkyl halides is 3. The molecule has 1 aromatic heterocycles. The molecule has 0 bridgehead atoms. The molecular weight excluding hydrogens is 415 g/mol. The normalized spacial score (nSPS) is 11.5. The van der Waals surface area contributed by atoms with Crippen molar-refractivity contribution in [3.8, 4) is 0 Å². The Morgan fingerprint density at radius 3 is 2.61 bits per heavy atom. The van der Waals surface area contributed by atoms with Gasteiger partial charge in [0, 0.05) is 24.2 Å². The molecule has 10 heteroatoms. The Hall–Kier alpha value is -3.56. The number of para-hydroxylation sites is 2. The van der Waals surface area contributed by atoms with Gasteiger partial charge in [0.1, 0.15) is 6.54 Å². The molecule has 0 saturated carbocycles. The molecule has 2 N–H and O–H groups in total. The Morgan fingerprint density at radius 2 is 1.87 bits per heavy atom. The lowest BCUT2D eigenvalue weighted by Crippen LogP contribution is -2.33. The van der Waals surface area contributed by atoms with Gasteiger partial charge in [-0.1, -0.05) is 18.2 Å². The van der Waals surface area contributed by atoms with Crippen LogP contribution in [0.4, 0.5) is 18.9 Å². The zero-order chi connectivity index (χ0) is 22.6. The standard InChI is InChI=1S/C21H20F3N3O4/c1-13-8-9-14(19(29)25-12-21(22,23)24)11-15(13)26-18(28)7-4-10-27-16-5-2-3-6-17(16)31-20(27)30/h2-3,5-6,8-9,11H,4,7,10,12H2,1H3,(H,25,29)(H,26,28). The average molecular weight is 435 g/mol. The van der Waals surface area contributed by atoms with E-state index in [-0.39, 0.29) is 24.4 Å². The predicted octanol–water partition coefficient (Wildman–Crippen LogP) is 3.61. The van der Waals surface area contributed by atoms with Gasteiger partial charge in [0.25, 0.3) is 5.91 Å². The van der Waals surface area contributed by atoms with E-state index in [1.165, 1.54) is 22.8 Å². The minimum absolute atomic E-state index is 0.00145. The highest BCUT2D eigenvalue weighted by Gasteiger charge is 2.28. The van der Waals surface area contributed by atoms with E-state index < -0.39 is 24.4 Å². The van der Waals surface area contributed by atoms with Gasteiger partial charge in [-0.3, -0.25) is 14.2 Å². The van der Waals surface area contributed by atoms with Crippen LogP contribution in [0.25, 0.3) is 11.1 Å². The first-order chi connectivity index (χ1) is 14.6. The lowest BCUT2D eigenvalue weighted by atomic mass is 10.1. The molecule has 3 rings (SSSR count). The molecule has 31 heavy (non-hydrogen) atoms. The Morgan fingerprint density at radius 1 is 1.13 bits per heavy atom. The smallest absolute Gasteiger partial charge is 0.408 e. The summed E-state index contributed by atoms with van der Waals surface area (Å²) in [6.07, 6.45) is -4.06. The number of aryl methyl sites for hydroxylation is 2. The molecule has 0 radical (unpaired) electrons. The molecule has 0 aliphatic heterocycles. The van der Waals surface area contributed by atoms with Crippen LogP contribution in [0, 0.1) is 6.92 Å². The fourth-order valence-corrected chi connectivity index (χ4v) is 3.02. The lowest BCUT2D eigenvalue weighted by Gasteiger charge is -2.12. The SMILES string of the molecule is Cc1ccc(C(=O)NCC(F)(F)F)cc1NC(=O)CCCn1c(=O)oc2ccccc21. The lowest BCUT2D eigenvalue weighted by molar-refractivity contribution is -0.123. The van der Waals surface area contributed by atoms with Crippen LogP contribution in [0.3, 0.4) is 0 Å². The molecule has 3 aromatic rings. The highest BCUT2D eigenvalue weighted by Crippen LogP contribution is 2.19. The summed E-state index contributed by atoms with van der Waals surface area (Å²) in [5.74, 6) is -1.74. The van der Waals surface area contributed by atoms with Crippen LogP contribution in [-0.2, 0) is 11.3 Å². The van der Waals surface area contributed by atoms with Crippen LogP contribution in [0.15, 0.2) is 51.7 Å². The summed E-state index contributed by atoms with van der Waals surface area (Å²) in [7, 11) is 0. The minimum Gasteiger partial charge on any atom is -0.408 e. The first-order valence-corrected chi connectivity index (χ1v) is 9.48. The van der Waals surface area contributed by atoms with Crippen LogP contribution in [0.1, 0.15) is 28.8 Å². The van der Waals surface area contributed by atoms with Crippen molar-refractivity contribution in [2.45, 2.75) is 32.5 Å². The molecule has 0 saturated heterocycles. The van der Waals surface area contributed by atoms with Gasteiger partial charge in [0.05, 0.1) is 5.52 Å². The molecule has 1 heterocycles. The van der Waals surface area contributed by atoms with Crippen LogP contribution in [-0.4, -0.2) is 29.1 Å². The molecule has 0 aliphatic rings. The molecule has 0 spiro atoms. The number of carbonyl (C=O) groups is 2. The molecule has 0 aliphatic carbocycles. The minimum atomic E-state index is -4.51. The Balaban J connectivity index is 1.59. The quantitative estimate of drug-likeness (QED) is 0.593. The van der Waals surface area contributed by atoms with Crippen LogP contribution >= 0.6 is 0 Å². The first kappa shape index (κ1) is 22.1. The number of rotatable bonds is 7. The molecule has 0 unspecified atom stereocenters. The van der Waals surface area contributed by atoms with Crippen molar-refractivity contribution < 1.29 is 27.2 Å². The fourth-order valence-electron chi connectivity index (χ4n) is 3.02. The van der Waals surface area contributed by atoms with Crippen molar-refractivity contribution in [3.63, 3.8) is 0 Å². The maximum Gasteiger partial charge on any atom is 0.419 e. The molecule has 0 atom stereocenters. The molecule has 2 aromatic carbocycles. The second-order valence-electron chi connectivity index (χ2n) is 6.97. The predicted molar refractivity (Wildman–Crippen MR) is 108 cm³/mol. The molecule has 7 nitrogen and oxygen atoms in total. The Bertz CT molecular complexity index is 1160. The number of hydrogen-bond donors (Lipinski definition) is 2. The average Bonchev–Trinajstić information content (AvgIpc) is 3.02. The van der Waals surface area contributed by atoms with Crippen molar-refractivity contribution in [2.24, 2.45) is 0 Å². The molecule has 0 fully saturated rings. The van der Waals surface area contributed by atoms with Gasteiger partial charge < -0.3 is 15.1 Å². The van der Waals surface area contributed by atoms with Gasteiger partial charge >= 0.3 is 11.9 Å². The number of fused-ring (bicyclic) bond motifs is 1. The third kappa shape index (κ3) is 5.74. The second kappa shape index (κ2) is 9.07. The van der Waals surface area contributed by atoms with E-state index in [2.05, 4.69) is 5.32 Å². The van der Waals surface area contributed by atoms with E-state index in [1.54, 1.807) is 36.5 Å². The highest BCUT2D eigenvalue weighted by molar-refractivity contribution is 5.97. The van der Waals surface area contributed by atoms with E-state index in [4.69, 9.17) is 4.42 Å². The van der Waals surface area contributed by atoms with Crippen molar-refractivity contribution in [3.05, 3.63) is 64.1 Å². The number of benzene rings is 2. The summed E-state index contributed by atoms with van der Waals surface area (Å²) < 4.78 is 43.4. The van der Waals surface area contributed by atoms with Crippen LogP contribution in [0.2, 0.25) is 0 Å². The molecular formula is C21H20F3N3O4. The zero-order valence-corrected chi connectivity index (χ0v) is 16.6. The Kier molecular flexibility index (Phi) is 6.47. The third-order valence-corrected chi connectivity index (χ3v) is 4.58. The van der Waals surface area contributed by atoms with E-state index >= 15 is 0 Å². The summed E-state index contributed by atoms with van der Waals surface area (Å²) in [5.41, 5.74) is 2.09. The van der Waals surface area contributed by atoms with Gasteiger partial charge in [-0.25, -0.2) is 4.79 Å². The van der Waals surface area contributed by atoms with Gasteiger partial charge in [0.2, 0.25) is 5.91 Å². The maximum absolute atomic E-state index is 12.3. The van der Waals surface area contributed by atoms with Gasteiger partial charge in [0.15, 0.2) is 5.58 Å². The topological polar surface area (TPSA) is 93.3 Å².